The quantitative estimate of drug-likeness (QED) is 0.849. The fraction of sp³-hybridized carbons (Fsp3) is 0.471. The molecule has 23 heavy (non-hydrogen) atoms. The van der Waals surface area contributed by atoms with Crippen molar-refractivity contribution in [2.24, 2.45) is 0 Å². The number of hydrogen-bond acceptors (Lipinski definition) is 4. The van der Waals surface area contributed by atoms with Gasteiger partial charge in [0.2, 0.25) is 0 Å². The monoisotopic (exact) mass is 315 g/mol. The summed E-state index contributed by atoms with van der Waals surface area (Å²) in [5, 5.41) is 10.4. The number of para-hydroxylation sites is 1. The fourth-order valence-electron chi connectivity index (χ4n) is 2.95. The van der Waals surface area contributed by atoms with E-state index in [9.17, 15) is 9.59 Å². The lowest BCUT2D eigenvalue weighted by Crippen LogP contribution is -2.42. The lowest BCUT2D eigenvalue weighted by molar-refractivity contribution is -0.130. The molecule has 1 atom stereocenters. The van der Waals surface area contributed by atoms with E-state index >= 15 is 0 Å². The molecular weight excluding hydrogens is 294 g/mol. The molecule has 1 saturated carbocycles. The summed E-state index contributed by atoms with van der Waals surface area (Å²) in [6, 6.07) is 7.51. The Hall–Kier alpha value is -2.37. The summed E-state index contributed by atoms with van der Waals surface area (Å²) in [5.41, 5.74) is 0.969. The highest BCUT2D eigenvalue weighted by atomic mass is 16.5. The number of fused-ring (bicyclic) bond motifs is 1. The lowest BCUT2D eigenvalue weighted by atomic mass is 9.95. The van der Waals surface area contributed by atoms with Crippen LogP contribution in [0.15, 0.2) is 24.3 Å². The zero-order valence-electron chi connectivity index (χ0n) is 13.2. The number of H-pyrrole nitrogens is 1. The van der Waals surface area contributed by atoms with E-state index in [0.717, 1.165) is 31.2 Å². The van der Waals surface area contributed by atoms with E-state index in [0.29, 0.717) is 5.39 Å². The number of hydrogen-bond donors (Lipinski definition) is 2. The van der Waals surface area contributed by atoms with Gasteiger partial charge < -0.3 is 10.1 Å². The molecular formula is C17H21N3O3. The van der Waals surface area contributed by atoms with E-state index in [2.05, 4.69) is 15.5 Å². The first-order valence-electron chi connectivity index (χ1n) is 8.09. The van der Waals surface area contributed by atoms with E-state index in [1.807, 2.05) is 18.2 Å². The number of aromatic amines is 1. The van der Waals surface area contributed by atoms with Gasteiger partial charge in [-0.2, -0.15) is 5.10 Å². The van der Waals surface area contributed by atoms with Crippen LogP contribution in [0.25, 0.3) is 10.9 Å². The molecule has 1 aliphatic rings. The van der Waals surface area contributed by atoms with Gasteiger partial charge >= 0.3 is 5.97 Å². The van der Waals surface area contributed by atoms with Crippen LogP contribution in [0.1, 0.15) is 49.5 Å². The summed E-state index contributed by atoms with van der Waals surface area (Å²) in [5.74, 6) is -0.834. The van der Waals surface area contributed by atoms with Gasteiger partial charge in [-0.3, -0.25) is 9.89 Å². The molecule has 6 nitrogen and oxygen atoms in total. The first-order chi connectivity index (χ1) is 11.1. The molecule has 3 rings (SSSR count). The molecule has 2 aromatic rings. The van der Waals surface area contributed by atoms with Gasteiger partial charge in [-0.05, 0) is 25.8 Å². The highest BCUT2D eigenvalue weighted by Gasteiger charge is 2.24. The average Bonchev–Trinajstić information content (AvgIpc) is 2.99. The zero-order chi connectivity index (χ0) is 16.2. The number of carbonyl (C=O) groups excluding carboxylic acids is 2. The molecule has 1 aromatic heterocycles. The molecule has 0 radical (unpaired) electrons. The Balaban J connectivity index is 1.61. The summed E-state index contributed by atoms with van der Waals surface area (Å²) in [7, 11) is 0. The predicted octanol–water partition coefficient (Wildman–Crippen LogP) is 2.56. The molecule has 6 heteroatoms. The maximum atomic E-state index is 12.2. The Morgan fingerprint density at radius 3 is 2.78 bits per heavy atom. The number of amides is 1. The maximum Gasteiger partial charge on any atom is 0.360 e. The van der Waals surface area contributed by atoms with Crippen molar-refractivity contribution in [1.82, 2.24) is 15.5 Å². The summed E-state index contributed by atoms with van der Waals surface area (Å²) < 4.78 is 5.27. The largest absolute Gasteiger partial charge is 0.448 e. The van der Waals surface area contributed by atoms with Crippen molar-refractivity contribution < 1.29 is 14.3 Å². The first kappa shape index (κ1) is 15.5. The fourth-order valence-corrected chi connectivity index (χ4v) is 2.95. The van der Waals surface area contributed by atoms with Gasteiger partial charge in [0.1, 0.15) is 0 Å². The summed E-state index contributed by atoms with van der Waals surface area (Å²) in [6.45, 7) is 1.59. The van der Waals surface area contributed by atoms with Gasteiger partial charge in [-0.15, -0.1) is 0 Å². The van der Waals surface area contributed by atoms with Crippen LogP contribution in [0, 0.1) is 0 Å². The minimum atomic E-state index is -0.833. The van der Waals surface area contributed by atoms with Gasteiger partial charge in [0, 0.05) is 11.4 Å². The molecule has 0 unspecified atom stereocenters. The molecule has 1 fully saturated rings. The minimum Gasteiger partial charge on any atom is -0.448 e. The van der Waals surface area contributed by atoms with Gasteiger partial charge in [-0.25, -0.2) is 4.79 Å². The Morgan fingerprint density at radius 1 is 1.26 bits per heavy atom. The molecule has 0 aliphatic heterocycles. The Morgan fingerprint density at radius 2 is 2.00 bits per heavy atom. The average molecular weight is 315 g/mol. The number of nitrogens with one attached hydrogen (secondary N) is 2. The Labute approximate surface area is 134 Å². The van der Waals surface area contributed by atoms with Crippen molar-refractivity contribution in [3.63, 3.8) is 0 Å². The van der Waals surface area contributed by atoms with Crippen molar-refractivity contribution in [2.45, 2.75) is 51.2 Å². The normalized spacial score (nSPS) is 16.9. The maximum absolute atomic E-state index is 12.2. The van der Waals surface area contributed by atoms with E-state index in [4.69, 9.17) is 4.74 Å². The van der Waals surface area contributed by atoms with Crippen LogP contribution in [0.4, 0.5) is 0 Å². The lowest BCUT2D eigenvalue weighted by Gasteiger charge is -2.24. The smallest absolute Gasteiger partial charge is 0.360 e. The number of benzene rings is 1. The third-order valence-electron chi connectivity index (χ3n) is 4.27. The molecule has 122 valence electrons. The summed E-state index contributed by atoms with van der Waals surface area (Å²) in [4.78, 5) is 24.4. The molecule has 1 aromatic carbocycles. The zero-order valence-corrected chi connectivity index (χ0v) is 13.2. The van der Waals surface area contributed by atoms with Crippen LogP contribution in [-0.2, 0) is 9.53 Å². The third kappa shape index (κ3) is 3.52. The number of carbonyl (C=O) groups is 2. The Kier molecular flexibility index (Phi) is 4.60. The van der Waals surface area contributed by atoms with Crippen molar-refractivity contribution in [1.29, 1.82) is 0 Å². The number of nitrogens with zero attached hydrogens (tertiary/aromatic N) is 1. The Bertz CT molecular complexity index is 704. The van der Waals surface area contributed by atoms with E-state index in [1.54, 1.807) is 13.0 Å². The van der Waals surface area contributed by atoms with Crippen molar-refractivity contribution >= 4 is 22.8 Å². The van der Waals surface area contributed by atoms with Gasteiger partial charge in [0.05, 0.1) is 5.52 Å². The topological polar surface area (TPSA) is 84.1 Å². The van der Waals surface area contributed by atoms with Crippen LogP contribution in [0.2, 0.25) is 0 Å². The second-order valence-corrected chi connectivity index (χ2v) is 6.01. The van der Waals surface area contributed by atoms with Gasteiger partial charge in [-0.1, -0.05) is 37.5 Å². The van der Waals surface area contributed by atoms with Crippen molar-refractivity contribution in [3.05, 3.63) is 30.0 Å². The van der Waals surface area contributed by atoms with E-state index in [1.165, 1.54) is 6.42 Å². The minimum absolute atomic E-state index is 0.198. The van der Waals surface area contributed by atoms with Gasteiger partial charge in [0.25, 0.3) is 5.91 Å². The number of esters is 1. The SMILES string of the molecule is C[C@H](OC(=O)c1n[nH]c2ccccc12)C(=O)NC1CCCCC1. The molecule has 1 heterocycles. The highest BCUT2D eigenvalue weighted by Crippen LogP contribution is 2.18. The second kappa shape index (κ2) is 6.81. The van der Waals surface area contributed by atoms with Crippen LogP contribution < -0.4 is 5.32 Å². The first-order valence-corrected chi connectivity index (χ1v) is 8.09. The van der Waals surface area contributed by atoms with Crippen LogP contribution in [0.3, 0.4) is 0 Å². The molecule has 1 amide bonds. The van der Waals surface area contributed by atoms with Crippen LogP contribution in [0.5, 0.6) is 0 Å². The second-order valence-electron chi connectivity index (χ2n) is 6.01. The van der Waals surface area contributed by atoms with Crippen molar-refractivity contribution in [3.8, 4) is 0 Å². The number of rotatable bonds is 4. The van der Waals surface area contributed by atoms with E-state index < -0.39 is 12.1 Å². The summed E-state index contributed by atoms with van der Waals surface area (Å²) in [6.07, 6.45) is 4.66. The molecule has 0 spiro atoms. The highest BCUT2D eigenvalue weighted by molar-refractivity contribution is 6.02. The molecule has 0 bridgehead atoms. The molecule has 0 saturated heterocycles. The van der Waals surface area contributed by atoms with E-state index in [-0.39, 0.29) is 17.6 Å². The number of aromatic nitrogens is 2. The molecule has 2 N–H and O–H groups in total. The van der Waals surface area contributed by atoms with Crippen LogP contribution in [-0.4, -0.2) is 34.2 Å². The third-order valence-corrected chi connectivity index (χ3v) is 4.27. The summed E-state index contributed by atoms with van der Waals surface area (Å²) >= 11 is 0. The van der Waals surface area contributed by atoms with Crippen molar-refractivity contribution in [2.75, 3.05) is 0 Å². The predicted molar refractivity (Wildman–Crippen MR) is 86.0 cm³/mol. The standard InChI is InChI=1S/C17H21N3O3/c1-11(16(21)18-12-7-3-2-4-8-12)23-17(22)15-13-9-5-6-10-14(13)19-20-15/h5-6,9-12H,2-4,7-8H2,1H3,(H,18,21)(H,19,20)/t11-/m0/s1. The molecule has 1 aliphatic carbocycles. The van der Waals surface area contributed by atoms with Crippen LogP contribution >= 0.6 is 0 Å². The number of ether oxygens (including phenoxy) is 1. The van der Waals surface area contributed by atoms with Gasteiger partial charge in [0.15, 0.2) is 11.8 Å².